The number of hydrogen-bond acceptors (Lipinski definition) is 7. The van der Waals surface area contributed by atoms with E-state index >= 15 is 0 Å². The van der Waals surface area contributed by atoms with Crippen LogP contribution in [0.3, 0.4) is 0 Å². The van der Waals surface area contributed by atoms with Crippen molar-refractivity contribution in [2.45, 2.75) is 24.9 Å². The smallest absolute Gasteiger partial charge is 0.337 e. The topological polar surface area (TPSA) is 124 Å². The van der Waals surface area contributed by atoms with E-state index in [-0.39, 0.29) is 17.6 Å². The highest BCUT2D eigenvalue weighted by Gasteiger charge is 2.38. The van der Waals surface area contributed by atoms with Gasteiger partial charge >= 0.3 is 5.97 Å². The lowest BCUT2D eigenvalue weighted by Gasteiger charge is -2.30. The molecule has 5 rings (SSSR count). The molecule has 3 atom stereocenters. The van der Waals surface area contributed by atoms with Crippen molar-refractivity contribution in [3.63, 3.8) is 0 Å². The first-order valence-corrected chi connectivity index (χ1v) is 9.85. The SMILES string of the molecule is NC1CC1CN(c1ccc(C(=O)O)cn1)[C@@H]1CCN(c2ncnc3[nH]ccc23)C1. The van der Waals surface area contributed by atoms with Crippen LogP contribution in [0.5, 0.6) is 0 Å². The second-order valence-corrected chi connectivity index (χ2v) is 7.85. The molecule has 3 aromatic heterocycles. The lowest BCUT2D eigenvalue weighted by Crippen LogP contribution is -2.40. The fraction of sp³-hybridized carbons (Fsp3) is 0.400. The number of nitrogens with one attached hydrogen (secondary N) is 1. The number of aromatic amines is 1. The summed E-state index contributed by atoms with van der Waals surface area (Å²) in [7, 11) is 0. The molecular weight excluding hydrogens is 370 g/mol. The van der Waals surface area contributed by atoms with Gasteiger partial charge in [0.1, 0.15) is 23.6 Å². The van der Waals surface area contributed by atoms with Crippen molar-refractivity contribution < 1.29 is 9.90 Å². The van der Waals surface area contributed by atoms with Crippen LogP contribution in [0.15, 0.2) is 36.9 Å². The van der Waals surface area contributed by atoms with E-state index in [1.54, 1.807) is 18.5 Å². The van der Waals surface area contributed by atoms with E-state index in [0.717, 1.165) is 55.1 Å². The average Bonchev–Trinajstić information content (AvgIpc) is 3.14. The zero-order valence-corrected chi connectivity index (χ0v) is 15.9. The van der Waals surface area contributed by atoms with Crippen molar-refractivity contribution in [2.75, 3.05) is 29.4 Å². The Balaban J connectivity index is 1.39. The summed E-state index contributed by atoms with van der Waals surface area (Å²) in [5, 5.41) is 10.2. The number of rotatable bonds is 6. The number of carbonyl (C=O) groups is 1. The first kappa shape index (κ1) is 17.9. The Kier molecular flexibility index (Phi) is 4.31. The monoisotopic (exact) mass is 393 g/mol. The summed E-state index contributed by atoms with van der Waals surface area (Å²) < 4.78 is 0. The number of hydrogen-bond donors (Lipinski definition) is 3. The van der Waals surface area contributed by atoms with Crippen LogP contribution >= 0.6 is 0 Å². The van der Waals surface area contributed by atoms with E-state index in [1.807, 2.05) is 12.3 Å². The Hall–Kier alpha value is -3.20. The summed E-state index contributed by atoms with van der Waals surface area (Å²) in [5.41, 5.74) is 7.10. The summed E-state index contributed by atoms with van der Waals surface area (Å²) in [5.74, 6) is 1.23. The van der Waals surface area contributed by atoms with Gasteiger partial charge in [-0.15, -0.1) is 0 Å². The molecule has 150 valence electrons. The first-order valence-electron chi connectivity index (χ1n) is 9.85. The second-order valence-electron chi connectivity index (χ2n) is 7.85. The van der Waals surface area contributed by atoms with Crippen LogP contribution in [0.2, 0.25) is 0 Å². The minimum atomic E-state index is -0.967. The van der Waals surface area contributed by atoms with Crippen LogP contribution in [0.1, 0.15) is 23.2 Å². The summed E-state index contributed by atoms with van der Waals surface area (Å²) in [6.45, 7) is 2.55. The molecule has 2 fully saturated rings. The number of anilines is 2. The van der Waals surface area contributed by atoms with E-state index in [0.29, 0.717) is 5.92 Å². The molecular formula is C20H23N7O2. The van der Waals surface area contributed by atoms with Gasteiger partial charge in [0, 0.05) is 44.1 Å². The molecule has 0 amide bonds. The van der Waals surface area contributed by atoms with Gasteiger partial charge in [-0.3, -0.25) is 0 Å². The van der Waals surface area contributed by atoms with Crippen molar-refractivity contribution in [1.82, 2.24) is 19.9 Å². The molecule has 2 unspecified atom stereocenters. The van der Waals surface area contributed by atoms with Gasteiger partial charge < -0.3 is 25.6 Å². The molecule has 0 aromatic carbocycles. The number of aromatic nitrogens is 4. The number of carboxylic acids is 1. The molecule has 3 aromatic rings. The zero-order chi connectivity index (χ0) is 20.0. The maximum atomic E-state index is 11.2. The number of H-pyrrole nitrogens is 1. The van der Waals surface area contributed by atoms with Gasteiger partial charge in [-0.05, 0) is 37.0 Å². The molecule has 1 saturated heterocycles. The minimum absolute atomic E-state index is 0.195. The molecule has 0 radical (unpaired) electrons. The number of aromatic carboxylic acids is 1. The average molecular weight is 393 g/mol. The molecule has 0 bridgehead atoms. The number of nitrogens with zero attached hydrogens (tertiary/aromatic N) is 5. The highest BCUT2D eigenvalue weighted by atomic mass is 16.4. The van der Waals surface area contributed by atoms with Gasteiger partial charge in [-0.2, -0.15) is 0 Å². The summed E-state index contributed by atoms with van der Waals surface area (Å²) in [4.78, 5) is 32.1. The number of nitrogens with two attached hydrogens (primary N) is 1. The third kappa shape index (κ3) is 3.38. The lowest BCUT2D eigenvalue weighted by molar-refractivity contribution is 0.0696. The highest BCUT2D eigenvalue weighted by molar-refractivity contribution is 5.88. The Labute approximate surface area is 167 Å². The fourth-order valence-corrected chi connectivity index (χ4v) is 4.15. The molecule has 4 heterocycles. The van der Waals surface area contributed by atoms with E-state index in [2.05, 4.69) is 29.7 Å². The van der Waals surface area contributed by atoms with Crippen LogP contribution in [0.25, 0.3) is 11.0 Å². The molecule has 0 spiro atoms. The lowest BCUT2D eigenvalue weighted by atomic mass is 10.2. The molecule has 1 aliphatic carbocycles. The zero-order valence-electron chi connectivity index (χ0n) is 15.9. The van der Waals surface area contributed by atoms with E-state index in [1.165, 1.54) is 6.20 Å². The third-order valence-corrected chi connectivity index (χ3v) is 5.93. The van der Waals surface area contributed by atoms with Crippen LogP contribution < -0.4 is 15.5 Å². The minimum Gasteiger partial charge on any atom is -0.478 e. The van der Waals surface area contributed by atoms with E-state index < -0.39 is 5.97 Å². The van der Waals surface area contributed by atoms with Crippen LogP contribution in [-0.4, -0.2) is 62.7 Å². The first-order chi connectivity index (χ1) is 14.1. The molecule has 1 saturated carbocycles. The Morgan fingerprint density at radius 3 is 2.90 bits per heavy atom. The largest absolute Gasteiger partial charge is 0.478 e. The normalized spacial score (nSPS) is 23.5. The van der Waals surface area contributed by atoms with Crippen molar-refractivity contribution in [1.29, 1.82) is 0 Å². The molecule has 4 N–H and O–H groups in total. The fourth-order valence-electron chi connectivity index (χ4n) is 4.15. The summed E-state index contributed by atoms with van der Waals surface area (Å²) in [6, 6.07) is 5.93. The molecule has 29 heavy (non-hydrogen) atoms. The third-order valence-electron chi connectivity index (χ3n) is 5.93. The predicted octanol–water partition coefficient (Wildman–Crippen LogP) is 1.48. The van der Waals surface area contributed by atoms with E-state index in [4.69, 9.17) is 10.8 Å². The Bertz CT molecular complexity index is 1030. The quantitative estimate of drug-likeness (QED) is 0.575. The van der Waals surface area contributed by atoms with Gasteiger partial charge in [0.05, 0.1) is 10.9 Å². The molecule has 2 aliphatic rings. The predicted molar refractivity (Wildman–Crippen MR) is 109 cm³/mol. The maximum absolute atomic E-state index is 11.2. The molecule has 9 heteroatoms. The van der Waals surface area contributed by atoms with Crippen molar-refractivity contribution in [3.05, 3.63) is 42.5 Å². The Morgan fingerprint density at radius 2 is 2.17 bits per heavy atom. The number of fused-ring (bicyclic) bond motifs is 1. The second kappa shape index (κ2) is 7.00. The van der Waals surface area contributed by atoms with Crippen LogP contribution in [0, 0.1) is 5.92 Å². The number of carboxylic acid groups (broad SMARTS) is 1. The summed E-state index contributed by atoms with van der Waals surface area (Å²) >= 11 is 0. The van der Waals surface area contributed by atoms with Crippen molar-refractivity contribution in [3.8, 4) is 0 Å². The van der Waals surface area contributed by atoms with Crippen LogP contribution in [-0.2, 0) is 0 Å². The molecule has 9 nitrogen and oxygen atoms in total. The number of pyridine rings is 1. The van der Waals surface area contributed by atoms with E-state index in [9.17, 15) is 4.79 Å². The van der Waals surface area contributed by atoms with Gasteiger partial charge in [-0.1, -0.05) is 0 Å². The van der Waals surface area contributed by atoms with Crippen LogP contribution in [0.4, 0.5) is 11.6 Å². The maximum Gasteiger partial charge on any atom is 0.337 e. The Morgan fingerprint density at radius 1 is 1.31 bits per heavy atom. The van der Waals surface area contributed by atoms with Gasteiger partial charge in [0.15, 0.2) is 0 Å². The van der Waals surface area contributed by atoms with Gasteiger partial charge in [0.2, 0.25) is 0 Å². The van der Waals surface area contributed by atoms with Crippen molar-refractivity contribution >= 4 is 28.6 Å². The molecule has 1 aliphatic heterocycles. The summed E-state index contributed by atoms with van der Waals surface area (Å²) in [6.07, 6.45) is 6.90. The van der Waals surface area contributed by atoms with Crippen molar-refractivity contribution in [2.24, 2.45) is 11.7 Å². The van der Waals surface area contributed by atoms with Gasteiger partial charge in [0.25, 0.3) is 0 Å². The van der Waals surface area contributed by atoms with Gasteiger partial charge in [-0.25, -0.2) is 19.7 Å². The highest BCUT2D eigenvalue weighted by Crippen LogP contribution is 2.34. The standard InChI is InChI=1S/C20H23N7O2/c21-16-7-13(16)9-27(17-2-1-12(8-23-17)20(28)29)14-4-6-26(10-14)19-15-3-5-22-18(15)24-11-25-19/h1-3,5,8,11,13-14,16H,4,6-7,9-10,21H2,(H,28,29)(H,22,24,25)/t13?,14-,16?/m1/s1.